The van der Waals surface area contributed by atoms with E-state index in [1.54, 1.807) is 6.26 Å². The van der Waals surface area contributed by atoms with E-state index in [1.165, 1.54) is 0 Å². The van der Waals surface area contributed by atoms with E-state index in [1.807, 2.05) is 17.9 Å². The van der Waals surface area contributed by atoms with Gasteiger partial charge in [-0.3, -0.25) is 4.79 Å². The van der Waals surface area contributed by atoms with E-state index in [-0.39, 0.29) is 5.91 Å². The van der Waals surface area contributed by atoms with E-state index in [4.69, 9.17) is 4.42 Å². The molecule has 0 atom stereocenters. The number of aryl methyl sites for hydroxylation is 1. The standard InChI is InChI=1S/C11H14BrNO2/c1-8-4-7-15-10(8)11(14)13(6-5-12)9-2-3-9/h4,7,9H,2-3,5-6H2,1H3. The minimum absolute atomic E-state index is 0.0273. The largest absolute Gasteiger partial charge is 0.459 e. The van der Waals surface area contributed by atoms with E-state index in [0.717, 1.165) is 30.3 Å². The van der Waals surface area contributed by atoms with Crippen LogP contribution in [0.4, 0.5) is 0 Å². The summed E-state index contributed by atoms with van der Waals surface area (Å²) in [6.45, 7) is 2.65. The molecule has 0 aromatic carbocycles. The van der Waals surface area contributed by atoms with Crippen molar-refractivity contribution in [3.8, 4) is 0 Å². The Bertz CT molecular complexity index is 357. The molecule has 15 heavy (non-hydrogen) atoms. The Labute approximate surface area is 97.6 Å². The molecule has 1 fully saturated rings. The first-order chi connectivity index (χ1) is 7.24. The van der Waals surface area contributed by atoms with Gasteiger partial charge >= 0.3 is 0 Å². The van der Waals surface area contributed by atoms with Crippen LogP contribution in [0, 0.1) is 6.92 Å². The summed E-state index contributed by atoms with van der Waals surface area (Å²) in [4.78, 5) is 14.0. The van der Waals surface area contributed by atoms with E-state index in [2.05, 4.69) is 15.9 Å². The average Bonchev–Trinajstić information content (AvgIpc) is 2.97. The van der Waals surface area contributed by atoms with Crippen LogP contribution in [-0.4, -0.2) is 28.7 Å². The molecule has 0 aliphatic heterocycles. The van der Waals surface area contributed by atoms with Crippen molar-refractivity contribution in [3.63, 3.8) is 0 Å². The summed E-state index contributed by atoms with van der Waals surface area (Å²) in [7, 11) is 0. The first-order valence-corrected chi connectivity index (χ1v) is 6.27. The van der Waals surface area contributed by atoms with Gasteiger partial charge in [0.05, 0.1) is 6.26 Å². The molecule has 1 aliphatic rings. The Kier molecular flexibility index (Phi) is 3.14. The second-order valence-electron chi connectivity index (χ2n) is 3.85. The minimum Gasteiger partial charge on any atom is -0.459 e. The summed E-state index contributed by atoms with van der Waals surface area (Å²) in [6.07, 6.45) is 3.82. The van der Waals surface area contributed by atoms with E-state index in [9.17, 15) is 4.79 Å². The van der Waals surface area contributed by atoms with E-state index >= 15 is 0 Å². The molecule has 1 heterocycles. The quantitative estimate of drug-likeness (QED) is 0.789. The zero-order valence-corrected chi connectivity index (χ0v) is 10.3. The summed E-state index contributed by atoms with van der Waals surface area (Å²) in [5.74, 6) is 0.516. The van der Waals surface area contributed by atoms with Crippen molar-refractivity contribution < 1.29 is 9.21 Å². The highest BCUT2D eigenvalue weighted by atomic mass is 79.9. The molecule has 0 radical (unpaired) electrons. The first kappa shape index (κ1) is 10.7. The highest BCUT2D eigenvalue weighted by Crippen LogP contribution is 2.28. The Balaban J connectivity index is 2.14. The van der Waals surface area contributed by atoms with Gasteiger partial charge in [-0.1, -0.05) is 15.9 Å². The molecule has 0 N–H and O–H groups in total. The average molecular weight is 272 g/mol. The lowest BCUT2D eigenvalue weighted by Gasteiger charge is -2.20. The van der Waals surface area contributed by atoms with Gasteiger partial charge in [0.25, 0.3) is 5.91 Å². The molecule has 1 aliphatic carbocycles. The van der Waals surface area contributed by atoms with Crippen LogP contribution in [0.2, 0.25) is 0 Å². The van der Waals surface area contributed by atoms with Crippen LogP contribution in [-0.2, 0) is 0 Å². The molecule has 1 aromatic rings. The molecule has 0 spiro atoms. The summed E-state index contributed by atoms with van der Waals surface area (Å²) >= 11 is 3.37. The van der Waals surface area contributed by atoms with Crippen LogP contribution in [0.25, 0.3) is 0 Å². The van der Waals surface area contributed by atoms with Crippen LogP contribution >= 0.6 is 15.9 Å². The molecule has 82 valence electrons. The number of halogens is 1. The third-order valence-corrected chi connectivity index (χ3v) is 2.98. The molecule has 0 bridgehead atoms. The van der Waals surface area contributed by atoms with Gasteiger partial charge in [-0.2, -0.15) is 0 Å². The number of carbonyl (C=O) groups excluding carboxylic acids is 1. The number of nitrogens with zero attached hydrogens (tertiary/aromatic N) is 1. The SMILES string of the molecule is Cc1ccoc1C(=O)N(CCBr)C1CC1. The number of amides is 1. The predicted molar refractivity (Wildman–Crippen MR) is 61.3 cm³/mol. The van der Waals surface area contributed by atoms with Crippen LogP contribution in [0.5, 0.6) is 0 Å². The second kappa shape index (κ2) is 4.39. The van der Waals surface area contributed by atoms with Gasteiger partial charge in [0.2, 0.25) is 0 Å². The Morgan fingerprint density at radius 1 is 1.67 bits per heavy atom. The van der Waals surface area contributed by atoms with Gasteiger partial charge in [-0.15, -0.1) is 0 Å². The molecular formula is C11H14BrNO2. The lowest BCUT2D eigenvalue weighted by atomic mass is 10.2. The maximum absolute atomic E-state index is 12.1. The summed E-state index contributed by atoms with van der Waals surface area (Å²) in [6, 6.07) is 2.26. The molecule has 2 rings (SSSR count). The van der Waals surface area contributed by atoms with E-state index < -0.39 is 0 Å². The minimum atomic E-state index is 0.0273. The third kappa shape index (κ3) is 2.25. The fraction of sp³-hybridized carbons (Fsp3) is 0.545. The van der Waals surface area contributed by atoms with Crippen molar-refractivity contribution >= 4 is 21.8 Å². The van der Waals surface area contributed by atoms with Crippen molar-refractivity contribution in [1.29, 1.82) is 0 Å². The third-order valence-electron chi connectivity index (χ3n) is 2.63. The molecule has 0 saturated heterocycles. The van der Waals surface area contributed by atoms with Gasteiger partial charge in [0, 0.05) is 23.5 Å². The van der Waals surface area contributed by atoms with Gasteiger partial charge in [-0.25, -0.2) is 0 Å². The highest BCUT2D eigenvalue weighted by Gasteiger charge is 2.34. The summed E-state index contributed by atoms with van der Waals surface area (Å²) < 4.78 is 5.22. The van der Waals surface area contributed by atoms with Crippen LogP contribution in [0.1, 0.15) is 29.0 Å². The molecule has 3 nitrogen and oxygen atoms in total. The Morgan fingerprint density at radius 2 is 2.40 bits per heavy atom. The van der Waals surface area contributed by atoms with Gasteiger partial charge < -0.3 is 9.32 Å². The fourth-order valence-corrected chi connectivity index (χ4v) is 2.03. The van der Waals surface area contributed by atoms with Crippen molar-refractivity contribution in [2.75, 3.05) is 11.9 Å². The van der Waals surface area contributed by atoms with Crippen molar-refractivity contribution in [1.82, 2.24) is 4.90 Å². The fourth-order valence-electron chi connectivity index (χ4n) is 1.65. The number of rotatable bonds is 4. The van der Waals surface area contributed by atoms with Gasteiger partial charge in [0.15, 0.2) is 5.76 Å². The predicted octanol–water partition coefficient (Wildman–Crippen LogP) is 2.59. The summed E-state index contributed by atoms with van der Waals surface area (Å²) in [5.41, 5.74) is 0.917. The number of hydrogen-bond acceptors (Lipinski definition) is 2. The number of carbonyl (C=O) groups is 1. The topological polar surface area (TPSA) is 33.5 Å². The van der Waals surface area contributed by atoms with Crippen LogP contribution in [0.15, 0.2) is 16.7 Å². The normalized spacial score (nSPS) is 15.3. The molecule has 1 aromatic heterocycles. The lowest BCUT2D eigenvalue weighted by molar-refractivity contribution is 0.0721. The van der Waals surface area contributed by atoms with Crippen LogP contribution < -0.4 is 0 Å². The Morgan fingerprint density at radius 3 is 2.87 bits per heavy atom. The number of hydrogen-bond donors (Lipinski definition) is 0. The summed E-state index contributed by atoms with van der Waals surface area (Å²) in [5, 5.41) is 0.814. The maximum Gasteiger partial charge on any atom is 0.290 e. The molecule has 4 heteroatoms. The van der Waals surface area contributed by atoms with Crippen molar-refractivity contribution in [2.45, 2.75) is 25.8 Å². The lowest BCUT2D eigenvalue weighted by Crippen LogP contribution is -2.34. The van der Waals surface area contributed by atoms with Crippen molar-refractivity contribution in [3.05, 3.63) is 23.7 Å². The molecular weight excluding hydrogens is 258 g/mol. The smallest absolute Gasteiger partial charge is 0.290 e. The second-order valence-corrected chi connectivity index (χ2v) is 4.64. The maximum atomic E-state index is 12.1. The van der Waals surface area contributed by atoms with Gasteiger partial charge in [-0.05, 0) is 25.8 Å². The first-order valence-electron chi connectivity index (χ1n) is 5.15. The van der Waals surface area contributed by atoms with E-state index in [0.29, 0.717) is 11.8 Å². The molecule has 1 amide bonds. The Hall–Kier alpha value is -0.770. The molecule has 0 unspecified atom stereocenters. The van der Waals surface area contributed by atoms with Gasteiger partial charge in [0.1, 0.15) is 0 Å². The zero-order chi connectivity index (χ0) is 10.8. The highest BCUT2D eigenvalue weighted by molar-refractivity contribution is 9.09. The zero-order valence-electron chi connectivity index (χ0n) is 8.70. The number of furan rings is 1. The van der Waals surface area contributed by atoms with Crippen molar-refractivity contribution in [2.24, 2.45) is 0 Å². The van der Waals surface area contributed by atoms with Crippen LogP contribution in [0.3, 0.4) is 0 Å². The molecule has 1 saturated carbocycles. The number of alkyl halides is 1. The monoisotopic (exact) mass is 271 g/mol.